The molecule has 4 aliphatic rings. The monoisotopic (exact) mass is 408 g/mol. The predicted molar refractivity (Wildman–Crippen MR) is 93.7 cm³/mol. The summed E-state index contributed by atoms with van der Waals surface area (Å²) >= 11 is 0. The maximum absolute atomic E-state index is 13.5. The lowest BCUT2D eigenvalue weighted by Crippen LogP contribution is -2.63. The van der Waals surface area contributed by atoms with E-state index in [1.165, 1.54) is 7.05 Å². The molecule has 1 spiro atoms. The normalized spacial score (nSPS) is 37.8. The third kappa shape index (κ3) is 2.23. The van der Waals surface area contributed by atoms with Gasteiger partial charge in [0.2, 0.25) is 11.8 Å². The molecule has 10 heteroatoms. The molecule has 0 N–H and O–H groups in total. The number of imide groups is 1. The molecule has 0 saturated carbocycles. The Kier molecular flexibility index (Phi) is 3.95. The predicted octanol–water partition coefficient (Wildman–Crippen LogP) is -0.408. The summed E-state index contributed by atoms with van der Waals surface area (Å²) in [5.41, 5.74) is -4.57. The van der Waals surface area contributed by atoms with Crippen molar-refractivity contribution in [1.29, 1.82) is 0 Å². The minimum absolute atomic E-state index is 0.0327. The molecule has 29 heavy (non-hydrogen) atoms. The van der Waals surface area contributed by atoms with Crippen molar-refractivity contribution in [2.24, 2.45) is 11.8 Å². The molecule has 158 valence electrons. The molecule has 3 amide bonds. The third-order valence-corrected chi connectivity index (χ3v) is 6.08. The maximum Gasteiger partial charge on any atom is 0.349 e. The van der Waals surface area contributed by atoms with Gasteiger partial charge in [-0.25, -0.2) is 9.59 Å². The molecule has 0 aromatic rings. The van der Waals surface area contributed by atoms with Crippen molar-refractivity contribution in [3.8, 4) is 0 Å². The molecule has 4 rings (SSSR count). The summed E-state index contributed by atoms with van der Waals surface area (Å²) in [5.74, 6) is -6.01. The zero-order valence-corrected chi connectivity index (χ0v) is 17.0. The van der Waals surface area contributed by atoms with Crippen LogP contribution < -0.4 is 0 Å². The van der Waals surface area contributed by atoms with Crippen LogP contribution in [0.3, 0.4) is 0 Å². The summed E-state index contributed by atoms with van der Waals surface area (Å²) in [7, 11) is 1.31. The van der Waals surface area contributed by atoms with Crippen LogP contribution in [0.5, 0.6) is 0 Å². The number of esters is 2. The Morgan fingerprint density at radius 1 is 1.17 bits per heavy atom. The summed E-state index contributed by atoms with van der Waals surface area (Å²) in [6.45, 7) is 6.64. The number of hydrogen-bond acceptors (Lipinski definition) is 8. The zero-order valence-electron chi connectivity index (χ0n) is 17.0. The summed E-state index contributed by atoms with van der Waals surface area (Å²) in [6, 6.07) is -1.01. The average molecular weight is 408 g/mol. The molecule has 0 aromatic heterocycles. The van der Waals surface area contributed by atoms with E-state index in [1.54, 1.807) is 27.7 Å². The number of likely N-dealkylation sites (tertiary alicyclic amines) is 1. The largest absolute Gasteiger partial charge is 0.463 e. The summed E-state index contributed by atoms with van der Waals surface area (Å²) < 4.78 is 16.5. The summed E-state index contributed by atoms with van der Waals surface area (Å²) in [4.78, 5) is 66.9. The number of fused-ring (bicyclic) bond motifs is 3. The highest BCUT2D eigenvalue weighted by atomic mass is 16.6. The lowest BCUT2D eigenvalue weighted by molar-refractivity contribution is -0.179. The van der Waals surface area contributed by atoms with Crippen LogP contribution in [0, 0.1) is 11.8 Å². The number of carbonyl (C=O) groups excluding carboxylic acids is 5. The fourth-order valence-electron chi connectivity index (χ4n) is 5.10. The lowest BCUT2D eigenvalue weighted by atomic mass is 9.74. The maximum atomic E-state index is 13.5. The fraction of sp³-hybridized carbons (Fsp3) is 0.737. The van der Waals surface area contributed by atoms with Gasteiger partial charge in [-0.3, -0.25) is 24.2 Å². The van der Waals surface area contributed by atoms with Crippen molar-refractivity contribution in [2.75, 3.05) is 13.7 Å². The Morgan fingerprint density at radius 3 is 2.38 bits per heavy atom. The number of carbonyl (C=O) groups is 5. The van der Waals surface area contributed by atoms with Gasteiger partial charge in [0.1, 0.15) is 23.5 Å². The highest BCUT2D eigenvalue weighted by Gasteiger charge is 2.87. The standard InChI is InChI=1S/C19H24N2O8/c1-6-27-16(26)19-11-10(12(22)20(5)13(11)23)18(29-19)8-7-9(21(18)15(19)25)14(24)28-17(2,3)4/h9-11H,6-8H2,1-5H3. The molecule has 2 bridgehead atoms. The van der Waals surface area contributed by atoms with Crippen molar-refractivity contribution in [1.82, 2.24) is 9.80 Å². The summed E-state index contributed by atoms with van der Waals surface area (Å²) in [6.07, 6.45) is 0.339. The second-order valence-electron chi connectivity index (χ2n) is 8.86. The van der Waals surface area contributed by atoms with E-state index in [0.717, 1.165) is 9.80 Å². The van der Waals surface area contributed by atoms with Crippen molar-refractivity contribution < 1.29 is 38.2 Å². The number of rotatable bonds is 3. The molecule has 4 fully saturated rings. The molecule has 0 radical (unpaired) electrons. The van der Waals surface area contributed by atoms with Crippen LogP contribution in [-0.4, -0.2) is 76.1 Å². The minimum Gasteiger partial charge on any atom is -0.463 e. The van der Waals surface area contributed by atoms with Gasteiger partial charge < -0.3 is 14.2 Å². The van der Waals surface area contributed by atoms with Crippen LogP contribution in [0.1, 0.15) is 40.5 Å². The Morgan fingerprint density at radius 2 is 1.79 bits per heavy atom. The van der Waals surface area contributed by atoms with Crippen LogP contribution in [-0.2, 0) is 38.2 Å². The molecule has 4 heterocycles. The number of nitrogens with zero attached hydrogens (tertiary/aromatic N) is 2. The van der Waals surface area contributed by atoms with Crippen molar-refractivity contribution in [3.63, 3.8) is 0 Å². The van der Waals surface area contributed by atoms with Crippen LogP contribution in [0.4, 0.5) is 0 Å². The molecule has 5 atom stereocenters. The van der Waals surface area contributed by atoms with E-state index in [9.17, 15) is 24.0 Å². The van der Waals surface area contributed by atoms with Crippen molar-refractivity contribution in [2.45, 2.75) is 63.5 Å². The van der Waals surface area contributed by atoms with Crippen molar-refractivity contribution in [3.05, 3.63) is 0 Å². The van der Waals surface area contributed by atoms with Gasteiger partial charge in [-0.15, -0.1) is 0 Å². The second kappa shape index (κ2) is 5.78. The van der Waals surface area contributed by atoms with Gasteiger partial charge in [-0.05, 0) is 40.5 Å². The van der Waals surface area contributed by atoms with Gasteiger partial charge in [0.25, 0.3) is 11.5 Å². The third-order valence-electron chi connectivity index (χ3n) is 6.08. The van der Waals surface area contributed by atoms with E-state index in [1.807, 2.05) is 0 Å². The molecule has 0 aromatic carbocycles. The van der Waals surface area contributed by atoms with Crippen LogP contribution >= 0.6 is 0 Å². The van der Waals surface area contributed by atoms with Gasteiger partial charge in [0.15, 0.2) is 5.72 Å². The van der Waals surface area contributed by atoms with Gasteiger partial charge in [0, 0.05) is 7.05 Å². The van der Waals surface area contributed by atoms with E-state index in [4.69, 9.17) is 14.2 Å². The van der Waals surface area contributed by atoms with E-state index in [0.29, 0.717) is 0 Å². The van der Waals surface area contributed by atoms with Crippen LogP contribution in [0.25, 0.3) is 0 Å². The number of piperidine rings is 1. The van der Waals surface area contributed by atoms with E-state index in [-0.39, 0.29) is 19.4 Å². The number of hydrogen-bond donors (Lipinski definition) is 0. The van der Waals surface area contributed by atoms with Gasteiger partial charge in [-0.2, -0.15) is 0 Å². The molecular formula is C19H24N2O8. The van der Waals surface area contributed by atoms with E-state index < -0.39 is 64.5 Å². The Labute approximate surface area is 167 Å². The number of amides is 3. The first-order valence-corrected chi connectivity index (χ1v) is 9.68. The van der Waals surface area contributed by atoms with Gasteiger partial charge in [0.05, 0.1) is 6.61 Å². The molecular weight excluding hydrogens is 384 g/mol. The van der Waals surface area contributed by atoms with E-state index in [2.05, 4.69) is 0 Å². The smallest absolute Gasteiger partial charge is 0.349 e. The first-order valence-electron chi connectivity index (χ1n) is 9.68. The molecule has 4 saturated heterocycles. The Balaban J connectivity index is 1.81. The molecule has 5 unspecified atom stereocenters. The number of ether oxygens (including phenoxy) is 3. The Hall–Kier alpha value is -2.49. The average Bonchev–Trinajstić information content (AvgIpc) is 3.28. The highest BCUT2D eigenvalue weighted by Crippen LogP contribution is 2.64. The van der Waals surface area contributed by atoms with Gasteiger partial charge in [-0.1, -0.05) is 0 Å². The lowest BCUT2D eigenvalue weighted by Gasteiger charge is -2.38. The van der Waals surface area contributed by atoms with Crippen LogP contribution in [0.2, 0.25) is 0 Å². The molecule has 4 aliphatic heterocycles. The first kappa shape index (κ1) is 19.8. The second-order valence-corrected chi connectivity index (χ2v) is 8.86. The zero-order chi connectivity index (χ0) is 21.5. The molecule has 0 aliphatic carbocycles. The highest BCUT2D eigenvalue weighted by molar-refractivity contribution is 6.20. The van der Waals surface area contributed by atoms with Crippen LogP contribution in [0.15, 0.2) is 0 Å². The summed E-state index contributed by atoms with van der Waals surface area (Å²) in [5, 5.41) is 0. The van der Waals surface area contributed by atoms with Crippen molar-refractivity contribution >= 4 is 29.7 Å². The Bertz CT molecular complexity index is 848. The first-order chi connectivity index (χ1) is 13.4. The SMILES string of the molecule is CCOC(=O)C12OC3(CCC(C(=O)OC(C)(C)C)N3C1=O)C1C(=O)N(C)C(=O)C12. The minimum atomic E-state index is -2.25. The van der Waals surface area contributed by atoms with Gasteiger partial charge >= 0.3 is 11.9 Å². The fourth-order valence-corrected chi connectivity index (χ4v) is 5.10. The molecule has 10 nitrogen and oxygen atoms in total. The quantitative estimate of drug-likeness (QED) is 0.351. The van der Waals surface area contributed by atoms with E-state index >= 15 is 0 Å². The topological polar surface area (TPSA) is 120 Å².